The highest BCUT2D eigenvalue weighted by atomic mass is 16.5. The Morgan fingerprint density at radius 3 is 3.00 bits per heavy atom. The van der Waals surface area contributed by atoms with E-state index in [0.29, 0.717) is 12.2 Å². The summed E-state index contributed by atoms with van der Waals surface area (Å²) in [5.41, 5.74) is 2.55. The molecule has 1 heterocycles. The third-order valence-electron chi connectivity index (χ3n) is 2.18. The third kappa shape index (κ3) is 2.98. The van der Waals surface area contributed by atoms with Crippen LogP contribution in [0.1, 0.15) is 35.1 Å². The number of aromatic nitrogens is 1. The molecule has 0 amide bonds. The second-order valence-corrected chi connectivity index (χ2v) is 3.38. The van der Waals surface area contributed by atoms with Crippen molar-refractivity contribution in [2.45, 2.75) is 26.7 Å². The van der Waals surface area contributed by atoms with Crippen LogP contribution in [0.2, 0.25) is 0 Å². The lowest BCUT2D eigenvalue weighted by molar-refractivity contribution is 0.0525. The molecule has 0 aliphatic carbocycles. The summed E-state index contributed by atoms with van der Waals surface area (Å²) < 4.78 is 4.95. The molecule has 0 aromatic carbocycles. The van der Waals surface area contributed by atoms with Gasteiger partial charge in [0.05, 0.1) is 12.2 Å². The summed E-state index contributed by atoms with van der Waals surface area (Å²) in [5, 5.41) is 0. The summed E-state index contributed by atoms with van der Waals surface area (Å²) in [6.07, 6.45) is 3.65. The maximum atomic E-state index is 11.5. The fraction of sp³-hybridized carbons (Fsp3) is 0.417. The van der Waals surface area contributed by atoms with Crippen LogP contribution in [-0.4, -0.2) is 17.6 Å². The first-order chi connectivity index (χ1) is 7.19. The number of carbonyl (C=O) groups is 1. The van der Waals surface area contributed by atoms with Crippen LogP contribution in [0.25, 0.3) is 0 Å². The van der Waals surface area contributed by atoms with E-state index in [9.17, 15) is 4.79 Å². The SMILES string of the molecule is C=CCCc1cc(C(=O)OCC)c(C)[nH]1. The first-order valence-electron chi connectivity index (χ1n) is 5.15. The normalized spacial score (nSPS) is 10.0. The van der Waals surface area contributed by atoms with Gasteiger partial charge in [0, 0.05) is 11.4 Å². The number of ether oxygens (including phenoxy) is 1. The number of nitrogens with one attached hydrogen (secondary N) is 1. The highest BCUT2D eigenvalue weighted by Crippen LogP contribution is 2.13. The molecule has 1 aromatic heterocycles. The van der Waals surface area contributed by atoms with Gasteiger partial charge in [0.1, 0.15) is 0 Å². The summed E-state index contributed by atoms with van der Waals surface area (Å²) >= 11 is 0. The molecule has 15 heavy (non-hydrogen) atoms. The van der Waals surface area contributed by atoms with Gasteiger partial charge < -0.3 is 9.72 Å². The van der Waals surface area contributed by atoms with Crippen LogP contribution in [0.15, 0.2) is 18.7 Å². The topological polar surface area (TPSA) is 42.1 Å². The molecule has 1 rings (SSSR count). The van der Waals surface area contributed by atoms with Crippen LogP contribution in [0.3, 0.4) is 0 Å². The molecule has 1 aromatic rings. The molecule has 0 radical (unpaired) electrons. The highest BCUT2D eigenvalue weighted by molar-refractivity contribution is 5.90. The molecular formula is C12H17NO2. The standard InChI is InChI=1S/C12H17NO2/c1-4-6-7-10-8-11(9(3)13-10)12(14)15-5-2/h4,8,13H,1,5-7H2,2-3H3. The molecule has 0 atom stereocenters. The molecule has 3 nitrogen and oxygen atoms in total. The lowest BCUT2D eigenvalue weighted by Gasteiger charge is -1.98. The van der Waals surface area contributed by atoms with Gasteiger partial charge in [-0.1, -0.05) is 6.08 Å². The molecule has 0 aliphatic heterocycles. The Morgan fingerprint density at radius 2 is 2.40 bits per heavy atom. The Labute approximate surface area is 90.1 Å². The minimum absolute atomic E-state index is 0.254. The second-order valence-electron chi connectivity index (χ2n) is 3.38. The lowest BCUT2D eigenvalue weighted by atomic mass is 10.2. The van der Waals surface area contributed by atoms with E-state index in [1.165, 1.54) is 0 Å². The molecule has 3 heteroatoms. The number of hydrogen-bond donors (Lipinski definition) is 1. The summed E-state index contributed by atoms with van der Waals surface area (Å²) in [5.74, 6) is -0.254. The Hall–Kier alpha value is -1.51. The van der Waals surface area contributed by atoms with E-state index in [1.807, 2.05) is 19.1 Å². The molecule has 0 saturated carbocycles. The summed E-state index contributed by atoms with van der Waals surface area (Å²) in [6, 6.07) is 1.86. The van der Waals surface area contributed by atoms with E-state index >= 15 is 0 Å². The van der Waals surface area contributed by atoms with Crippen molar-refractivity contribution in [3.63, 3.8) is 0 Å². The molecular weight excluding hydrogens is 190 g/mol. The summed E-state index contributed by atoms with van der Waals surface area (Å²) in [4.78, 5) is 14.7. The zero-order valence-corrected chi connectivity index (χ0v) is 9.30. The van der Waals surface area contributed by atoms with Crippen LogP contribution < -0.4 is 0 Å². The van der Waals surface area contributed by atoms with Gasteiger partial charge in [-0.2, -0.15) is 0 Å². The van der Waals surface area contributed by atoms with Crippen molar-refractivity contribution in [1.82, 2.24) is 4.98 Å². The molecule has 0 aliphatic rings. The van der Waals surface area contributed by atoms with Crippen molar-refractivity contribution < 1.29 is 9.53 Å². The van der Waals surface area contributed by atoms with Gasteiger partial charge in [-0.15, -0.1) is 6.58 Å². The zero-order valence-electron chi connectivity index (χ0n) is 9.30. The van der Waals surface area contributed by atoms with E-state index in [2.05, 4.69) is 11.6 Å². The predicted octanol–water partition coefficient (Wildman–Crippen LogP) is 2.62. The number of H-pyrrole nitrogens is 1. The van der Waals surface area contributed by atoms with E-state index < -0.39 is 0 Å². The van der Waals surface area contributed by atoms with Crippen molar-refractivity contribution in [2.75, 3.05) is 6.61 Å². The van der Waals surface area contributed by atoms with E-state index in [4.69, 9.17) is 4.74 Å². The first-order valence-corrected chi connectivity index (χ1v) is 5.15. The summed E-state index contributed by atoms with van der Waals surface area (Å²) in [6.45, 7) is 7.75. The molecule has 82 valence electrons. The van der Waals surface area contributed by atoms with E-state index in [-0.39, 0.29) is 5.97 Å². The van der Waals surface area contributed by atoms with Crippen molar-refractivity contribution in [2.24, 2.45) is 0 Å². The number of rotatable bonds is 5. The fourth-order valence-corrected chi connectivity index (χ4v) is 1.44. The molecule has 1 N–H and O–H groups in total. The summed E-state index contributed by atoms with van der Waals surface area (Å²) in [7, 11) is 0. The van der Waals surface area contributed by atoms with Gasteiger partial charge in [0.2, 0.25) is 0 Å². The Morgan fingerprint density at radius 1 is 1.67 bits per heavy atom. The third-order valence-corrected chi connectivity index (χ3v) is 2.18. The van der Waals surface area contributed by atoms with E-state index in [1.54, 1.807) is 6.92 Å². The Bertz CT molecular complexity index is 353. The average molecular weight is 207 g/mol. The number of carbonyl (C=O) groups excluding carboxylic acids is 1. The van der Waals surface area contributed by atoms with Crippen LogP contribution in [0.4, 0.5) is 0 Å². The molecule has 0 bridgehead atoms. The van der Waals surface area contributed by atoms with Crippen molar-refractivity contribution in [3.8, 4) is 0 Å². The van der Waals surface area contributed by atoms with Crippen LogP contribution in [0.5, 0.6) is 0 Å². The van der Waals surface area contributed by atoms with Gasteiger partial charge in [0.15, 0.2) is 0 Å². The predicted molar refractivity (Wildman–Crippen MR) is 60.0 cm³/mol. The minimum atomic E-state index is -0.254. The maximum absolute atomic E-state index is 11.5. The second kappa shape index (κ2) is 5.39. The van der Waals surface area contributed by atoms with Gasteiger partial charge in [-0.3, -0.25) is 0 Å². The highest BCUT2D eigenvalue weighted by Gasteiger charge is 2.12. The number of esters is 1. The molecule has 0 saturated heterocycles. The van der Waals surface area contributed by atoms with E-state index in [0.717, 1.165) is 24.2 Å². The number of aromatic amines is 1. The quantitative estimate of drug-likeness (QED) is 0.595. The van der Waals surface area contributed by atoms with Crippen molar-refractivity contribution in [3.05, 3.63) is 35.7 Å². The largest absolute Gasteiger partial charge is 0.462 e. The minimum Gasteiger partial charge on any atom is -0.462 e. The van der Waals surface area contributed by atoms with Crippen LogP contribution >= 0.6 is 0 Å². The Kier molecular flexibility index (Phi) is 4.16. The first kappa shape index (κ1) is 11.6. The van der Waals surface area contributed by atoms with Crippen molar-refractivity contribution >= 4 is 5.97 Å². The monoisotopic (exact) mass is 207 g/mol. The van der Waals surface area contributed by atoms with Crippen molar-refractivity contribution in [1.29, 1.82) is 0 Å². The average Bonchev–Trinajstić information content (AvgIpc) is 2.57. The maximum Gasteiger partial charge on any atom is 0.339 e. The van der Waals surface area contributed by atoms with Gasteiger partial charge in [-0.25, -0.2) is 4.79 Å². The Balaban J connectivity index is 2.76. The molecule has 0 spiro atoms. The zero-order chi connectivity index (χ0) is 11.3. The van der Waals surface area contributed by atoms with Gasteiger partial charge in [-0.05, 0) is 32.8 Å². The number of aryl methyl sites for hydroxylation is 2. The number of allylic oxidation sites excluding steroid dienone is 1. The molecule has 0 unspecified atom stereocenters. The lowest BCUT2D eigenvalue weighted by Crippen LogP contribution is -2.04. The number of hydrogen-bond acceptors (Lipinski definition) is 2. The van der Waals surface area contributed by atoms with Gasteiger partial charge in [0.25, 0.3) is 0 Å². The van der Waals surface area contributed by atoms with Crippen LogP contribution in [-0.2, 0) is 11.2 Å². The fourth-order valence-electron chi connectivity index (χ4n) is 1.44. The van der Waals surface area contributed by atoms with Crippen LogP contribution in [0, 0.1) is 6.92 Å². The smallest absolute Gasteiger partial charge is 0.339 e. The molecule has 0 fully saturated rings. The van der Waals surface area contributed by atoms with Gasteiger partial charge >= 0.3 is 5.97 Å².